The maximum atomic E-state index is 12.0. The number of thiophene rings is 1. The van der Waals surface area contributed by atoms with Crippen LogP contribution in [-0.2, 0) is 0 Å². The Hall–Kier alpha value is -1.97. The first kappa shape index (κ1) is 14.0. The molecule has 0 atom stereocenters. The third kappa shape index (κ3) is 2.89. The van der Waals surface area contributed by atoms with Crippen LogP contribution in [0.5, 0.6) is 0 Å². The third-order valence-corrected chi connectivity index (χ3v) is 4.39. The van der Waals surface area contributed by atoms with Gasteiger partial charge in [0.15, 0.2) is 5.78 Å². The number of ketones is 1. The van der Waals surface area contributed by atoms with Crippen molar-refractivity contribution in [3.8, 4) is 0 Å². The number of para-hydroxylation sites is 1. The van der Waals surface area contributed by atoms with Crippen molar-refractivity contribution in [3.63, 3.8) is 0 Å². The summed E-state index contributed by atoms with van der Waals surface area (Å²) in [7, 11) is 0. The Morgan fingerprint density at radius 2 is 2.14 bits per heavy atom. The number of allylic oxidation sites excluding steroid dienone is 1. The molecular formula is C17H12ClNOS. The molecule has 3 rings (SSSR count). The van der Waals surface area contributed by atoms with E-state index in [9.17, 15) is 4.79 Å². The van der Waals surface area contributed by atoms with Gasteiger partial charge in [-0.15, -0.1) is 11.3 Å². The second kappa shape index (κ2) is 5.80. The van der Waals surface area contributed by atoms with Gasteiger partial charge in [-0.25, -0.2) is 4.98 Å². The van der Waals surface area contributed by atoms with Crippen molar-refractivity contribution in [2.24, 2.45) is 0 Å². The molecule has 4 heteroatoms. The maximum absolute atomic E-state index is 12.0. The Labute approximate surface area is 131 Å². The number of rotatable bonds is 3. The molecule has 0 amide bonds. The van der Waals surface area contributed by atoms with Crippen molar-refractivity contribution in [1.82, 2.24) is 4.98 Å². The van der Waals surface area contributed by atoms with Gasteiger partial charge in [0.2, 0.25) is 0 Å². The summed E-state index contributed by atoms with van der Waals surface area (Å²) in [6.07, 6.45) is 3.26. The van der Waals surface area contributed by atoms with Gasteiger partial charge >= 0.3 is 0 Å². The molecule has 0 spiro atoms. The summed E-state index contributed by atoms with van der Waals surface area (Å²) < 4.78 is 0. The Morgan fingerprint density at radius 3 is 2.90 bits per heavy atom. The molecule has 0 saturated carbocycles. The normalized spacial score (nSPS) is 11.3. The van der Waals surface area contributed by atoms with Crippen LogP contribution in [0, 0.1) is 6.92 Å². The zero-order valence-corrected chi connectivity index (χ0v) is 12.9. The summed E-state index contributed by atoms with van der Waals surface area (Å²) in [5.74, 6) is -0.0228. The summed E-state index contributed by atoms with van der Waals surface area (Å²) in [5, 5.41) is 3.31. The summed E-state index contributed by atoms with van der Waals surface area (Å²) in [6, 6.07) is 11.6. The average Bonchev–Trinajstić information content (AvgIpc) is 3.00. The fourth-order valence-electron chi connectivity index (χ4n) is 2.12. The Kier molecular flexibility index (Phi) is 3.86. The van der Waals surface area contributed by atoms with E-state index in [2.05, 4.69) is 4.98 Å². The van der Waals surface area contributed by atoms with Crippen LogP contribution in [0.3, 0.4) is 0 Å². The van der Waals surface area contributed by atoms with E-state index in [-0.39, 0.29) is 5.78 Å². The van der Waals surface area contributed by atoms with Crippen molar-refractivity contribution < 1.29 is 4.79 Å². The van der Waals surface area contributed by atoms with E-state index in [4.69, 9.17) is 11.6 Å². The van der Waals surface area contributed by atoms with Gasteiger partial charge in [-0.05, 0) is 42.2 Å². The van der Waals surface area contributed by atoms with Crippen molar-refractivity contribution in [2.75, 3.05) is 0 Å². The van der Waals surface area contributed by atoms with Crippen LogP contribution >= 0.6 is 22.9 Å². The average molecular weight is 314 g/mol. The highest BCUT2D eigenvalue weighted by atomic mass is 35.5. The lowest BCUT2D eigenvalue weighted by Crippen LogP contribution is -1.91. The largest absolute Gasteiger partial charge is 0.288 e. The number of carbonyl (C=O) groups is 1. The molecule has 2 aromatic heterocycles. The standard InChI is InChI=1S/C17H12ClNOS/c1-11-4-2-5-12-10-13(17(18)19-16(11)12)7-8-14(20)15-6-3-9-21-15/h2-10H,1H3/b8-7+. The number of hydrogen-bond donors (Lipinski definition) is 0. The van der Waals surface area contributed by atoms with E-state index < -0.39 is 0 Å². The van der Waals surface area contributed by atoms with Gasteiger partial charge in [0.1, 0.15) is 5.15 Å². The van der Waals surface area contributed by atoms with Gasteiger partial charge in [-0.3, -0.25) is 4.79 Å². The number of halogens is 1. The first-order valence-corrected chi connectivity index (χ1v) is 7.73. The molecule has 2 nitrogen and oxygen atoms in total. The molecule has 0 radical (unpaired) electrons. The highest BCUT2D eigenvalue weighted by molar-refractivity contribution is 7.12. The minimum Gasteiger partial charge on any atom is -0.288 e. The van der Waals surface area contributed by atoms with Gasteiger partial charge in [-0.2, -0.15) is 0 Å². The highest BCUT2D eigenvalue weighted by Crippen LogP contribution is 2.24. The number of benzene rings is 1. The second-order valence-electron chi connectivity index (χ2n) is 4.69. The molecule has 0 saturated heterocycles. The number of nitrogens with zero attached hydrogens (tertiary/aromatic N) is 1. The van der Waals surface area contributed by atoms with Crippen molar-refractivity contribution in [2.45, 2.75) is 6.92 Å². The smallest absolute Gasteiger partial charge is 0.195 e. The number of fused-ring (bicyclic) bond motifs is 1. The van der Waals surface area contributed by atoms with Gasteiger partial charge in [0.05, 0.1) is 10.4 Å². The number of aromatic nitrogens is 1. The molecular weight excluding hydrogens is 302 g/mol. The van der Waals surface area contributed by atoms with Crippen LogP contribution in [0.1, 0.15) is 20.8 Å². The molecule has 0 unspecified atom stereocenters. The van der Waals surface area contributed by atoms with Crippen LogP contribution in [0.4, 0.5) is 0 Å². The number of hydrogen-bond acceptors (Lipinski definition) is 3. The summed E-state index contributed by atoms with van der Waals surface area (Å²) in [4.78, 5) is 17.1. The topological polar surface area (TPSA) is 30.0 Å². The molecule has 104 valence electrons. The van der Waals surface area contributed by atoms with E-state index >= 15 is 0 Å². The second-order valence-corrected chi connectivity index (χ2v) is 6.00. The predicted molar refractivity (Wildman–Crippen MR) is 89.2 cm³/mol. The Bertz CT molecular complexity index is 837. The number of pyridine rings is 1. The van der Waals surface area contributed by atoms with E-state index in [0.29, 0.717) is 10.0 Å². The molecule has 3 aromatic rings. The predicted octanol–water partition coefficient (Wildman–Crippen LogP) is 5.15. The first-order valence-electron chi connectivity index (χ1n) is 6.47. The van der Waals surface area contributed by atoms with Gasteiger partial charge in [0.25, 0.3) is 0 Å². The third-order valence-electron chi connectivity index (χ3n) is 3.21. The summed E-state index contributed by atoms with van der Waals surface area (Å²) in [5.41, 5.74) is 2.73. The molecule has 1 aromatic carbocycles. The molecule has 0 N–H and O–H groups in total. The van der Waals surface area contributed by atoms with E-state index in [1.54, 1.807) is 12.1 Å². The molecule has 21 heavy (non-hydrogen) atoms. The zero-order chi connectivity index (χ0) is 14.8. The lowest BCUT2D eigenvalue weighted by atomic mass is 10.1. The van der Waals surface area contributed by atoms with E-state index in [1.165, 1.54) is 17.4 Å². The van der Waals surface area contributed by atoms with Crippen molar-refractivity contribution >= 4 is 45.7 Å². The fourth-order valence-corrected chi connectivity index (χ4v) is 2.97. The summed E-state index contributed by atoms with van der Waals surface area (Å²) in [6.45, 7) is 2.00. The number of aryl methyl sites for hydroxylation is 1. The Balaban J connectivity index is 1.97. The van der Waals surface area contributed by atoms with Gasteiger partial charge in [-0.1, -0.05) is 35.9 Å². The zero-order valence-electron chi connectivity index (χ0n) is 11.3. The molecule has 0 aliphatic rings. The lowest BCUT2D eigenvalue weighted by molar-refractivity contribution is 0.105. The quantitative estimate of drug-likeness (QED) is 0.380. The van der Waals surface area contributed by atoms with Crippen LogP contribution in [0.2, 0.25) is 5.15 Å². The van der Waals surface area contributed by atoms with Crippen LogP contribution in [-0.4, -0.2) is 10.8 Å². The van der Waals surface area contributed by atoms with Crippen molar-refractivity contribution in [1.29, 1.82) is 0 Å². The number of carbonyl (C=O) groups excluding carboxylic acids is 1. The first-order chi connectivity index (χ1) is 10.1. The molecule has 2 heterocycles. The highest BCUT2D eigenvalue weighted by Gasteiger charge is 2.06. The monoisotopic (exact) mass is 313 g/mol. The van der Waals surface area contributed by atoms with Gasteiger partial charge < -0.3 is 0 Å². The van der Waals surface area contributed by atoms with Crippen molar-refractivity contribution in [3.05, 3.63) is 69.0 Å². The van der Waals surface area contributed by atoms with E-state index in [1.807, 2.05) is 42.6 Å². The Morgan fingerprint density at radius 1 is 1.29 bits per heavy atom. The molecule has 0 aliphatic heterocycles. The SMILES string of the molecule is Cc1cccc2cc(/C=C/C(=O)c3cccs3)c(Cl)nc12. The van der Waals surface area contributed by atoms with Crippen LogP contribution in [0.15, 0.2) is 47.9 Å². The van der Waals surface area contributed by atoms with Crippen LogP contribution < -0.4 is 0 Å². The molecule has 0 fully saturated rings. The minimum absolute atomic E-state index is 0.0228. The summed E-state index contributed by atoms with van der Waals surface area (Å²) >= 11 is 7.64. The maximum Gasteiger partial charge on any atom is 0.195 e. The van der Waals surface area contributed by atoms with Crippen LogP contribution in [0.25, 0.3) is 17.0 Å². The van der Waals surface area contributed by atoms with E-state index in [0.717, 1.165) is 22.0 Å². The minimum atomic E-state index is -0.0228. The van der Waals surface area contributed by atoms with Gasteiger partial charge in [0, 0.05) is 10.9 Å². The molecule has 0 bridgehead atoms. The fraction of sp³-hybridized carbons (Fsp3) is 0.0588. The molecule has 0 aliphatic carbocycles. The lowest BCUT2D eigenvalue weighted by Gasteiger charge is -2.04.